The summed E-state index contributed by atoms with van der Waals surface area (Å²) in [7, 11) is 1.70. The number of hydrogen-bond donors (Lipinski definition) is 0. The van der Waals surface area contributed by atoms with E-state index in [1.807, 2.05) is 25.3 Å². The van der Waals surface area contributed by atoms with Gasteiger partial charge in [0.1, 0.15) is 11.6 Å². The molecule has 2 aliphatic heterocycles. The van der Waals surface area contributed by atoms with Crippen LogP contribution in [-0.4, -0.2) is 77.7 Å². The van der Waals surface area contributed by atoms with E-state index >= 15 is 0 Å². The van der Waals surface area contributed by atoms with Crippen LogP contribution in [0, 0.1) is 6.92 Å². The van der Waals surface area contributed by atoms with Crippen molar-refractivity contribution in [2.75, 3.05) is 51.3 Å². The van der Waals surface area contributed by atoms with E-state index in [9.17, 15) is 4.79 Å². The zero-order valence-electron chi connectivity index (χ0n) is 18.2. The Kier molecular flexibility index (Phi) is 6.57. The molecule has 2 aromatic rings. The third kappa shape index (κ3) is 4.78. The maximum absolute atomic E-state index is 12.8. The van der Waals surface area contributed by atoms with Gasteiger partial charge in [-0.2, -0.15) is 0 Å². The minimum Gasteiger partial charge on any atom is -0.497 e. The fourth-order valence-electron chi connectivity index (χ4n) is 4.63. The third-order valence-corrected chi connectivity index (χ3v) is 6.51. The number of aromatic nitrogens is 2. The van der Waals surface area contributed by atoms with Crippen molar-refractivity contribution in [2.24, 2.45) is 0 Å². The second-order valence-corrected chi connectivity index (χ2v) is 8.27. The molecule has 0 aliphatic carbocycles. The molecule has 2 fully saturated rings. The Morgan fingerprint density at radius 2 is 1.90 bits per heavy atom. The maximum Gasteiger partial charge on any atom is 0.224 e. The molecular weight excluding hydrogens is 378 g/mol. The molecule has 7 heteroatoms. The van der Waals surface area contributed by atoms with E-state index < -0.39 is 0 Å². The van der Waals surface area contributed by atoms with Gasteiger partial charge in [-0.15, -0.1) is 0 Å². The summed E-state index contributed by atoms with van der Waals surface area (Å²) in [4.78, 5) is 24.1. The van der Waals surface area contributed by atoms with Crippen molar-refractivity contribution in [1.29, 1.82) is 0 Å². The number of rotatable bonds is 6. The van der Waals surface area contributed by atoms with E-state index in [0.717, 1.165) is 57.3 Å². The fraction of sp³-hybridized carbons (Fsp3) is 0.565. The van der Waals surface area contributed by atoms with Gasteiger partial charge in [-0.05, 0) is 44.0 Å². The first-order valence-corrected chi connectivity index (χ1v) is 11.0. The van der Waals surface area contributed by atoms with Gasteiger partial charge >= 0.3 is 0 Å². The number of nitrogens with zero attached hydrogens (tertiary/aromatic N) is 5. The molecule has 2 aliphatic rings. The number of hydrogen-bond acceptors (Lipinski definition) is 5. The number of piperazine rings is 1. The summed E-state index contributed by atoms with van der Waals surface area (Å²) in [5.41, 5.74) is 1.26. The Labute approximate surface area is 179 Å². The molecule has 162 valence electrons. The zero-order chi connectivity index (χ0) is 20.9. The quantitative estimate of drug-likeness (QED) is 0.731. The van der Waals surface area contributed by atoms with Crippen molar-refractivity contribution < 1.29 is 9.53 Å². The summed E-state index contributed by atoms with van der Waals surface area (Å²) in [6.07, 6.45) is 6.58. The molecule has 0 radical (unpaired) electrons. The van der Waals surface area contributed by atoms with Crippen molar-refractivity contribution in [3.8, 4) is 5.75 Å². The largest absolute Gasteiger partial charge is 0.497 e. The summed E-state index contributed by atoms with van der Waals surface area (Å²) in [5.74, 6) is 2.13. The highest BCUT2D eigenvalue weighted by molar-refractivity contribution is 5.76. The van der Waals surface area contributed by atoms with Crippen LogP contribution in [0.2, 0.25) is 0 Å². The third-order valence-electron chi connectivity index (χ3n) is 6.51. The molecule has 1 aromatic heterocycles. The number of aryl methyl sites for hydroxylation is 2. The molecule has 4 rings (SSSR count). The number of imidazole rings is 1. The highest BCUT2D eigenvalue weighted by atomic mass is 16.5. The van der Waals surface area contributed by atoms with Crippen LogP contribution in [0.5, 0.6) is 5.75 Å². The molecule has 0 bridgehead atoms. The summed E-state index contributed by atoms with van der Waals surface area (Å²) in [6, 6.07) is 8.81. The van der Waals surface area contributed by atoms with Gasteiger partial charge in [0.2, 0.25) is 5.91 Å². The summed E-state index contributed by atoms with van der Waals surface area (Å²) in [6.45, 7) is 8.60. The van der Waals surface area contributed by atoms with E-state index in [1.165, 1.54) is 12.1 Å². The van der Waals surface area contributed by atoms with E-state index in [0.29, 0.717) is 19.0 Å². The van der Waals surface area contributed by atoms with Gasteiger partial charge in [-0.25, -0.2) is 4.98 Å². The number of methoxy groups -OCH3 is 1. The van der Waals surface area contributed by atoms with Gasteiger partial charge in [-0.3, -0.25) is 9.69 Å². The van der Waals surface area contributed by atoms with E-state index in [-0.39, 0.29) is 5.91 Å². The first-order chi connectivity index (χ1) is 14.6. The van der Waals surface area contributed by atoms with Crippen molar-refractivity contribution in [2.45, 2.75) is 38.8 Å². The summed E-state index contributed by atoms with van der Waals surface area (Å²) in [5, 5.41) is 0. The van der Waals surface area contributed by atoms with Crippen LogP contribution < -0.4 is 9.64 Å². The van der Waals surface area contributed by atoms with E-state index in [1.54, 1.807) is 13.3 Å². The number of piperidine rings is 1. The highest BCUT2D eigenvalue weighted by Crippen LogP contribution is 2.23. The highest BCUT2D eigenvalue weighted by Gasteiger charge is 2.30. The number of carbonyl (C=O) groups is 1. The molecule has 1 amide bonds. The predicted molar refractivity (Wildman–Crippen MR) is 118 cm³/mol. The Hall–Kier alpha value is -2.54. The van der Waals surface area contributed by atoms with Crippen LogP contribution >= 0.6 is 0 Å². The molecule has 1 atom stereocenters. The fourth-order valence-corrected chi connectivity index (χ4v) is 4.63. The molecule has 1 aromatic carbocycles. The van der Waals surface area contributed by atoms with Crippen LogP contribution in [0.4, 0.5) is 5.69 Å². The Morgan fingerprint density at radius 1 is 1.13 bits per heavy atom. The molecule has 7 nitrogen and oxygen atoms in total. The van der Waals surface area contributed by atoms with Gasteiger partial charge in [0, 0.05) is 76.4 Å². The Bertz CT molecular complexity index is 826. The number of likely N-dealkylation sites (tertiary alicyclic amines) is 1. The molecular formula is C23H33N5O2. The monoisotopic (exact) mass is 411 g/mol. The van der Waals surface area contributed by atoms with Crippen molar-refractivity contribution in [3.05, 3.63) is 42.5 Å². The zero-order valence-corrected chi connectivity index (χ0v) is 18.2. The maximum atomic E-state index is 12.8. The van der Waals surface area contributed by atoms with Gasteiger partial charge in [0.25, 0.3) is 0 Å². The SMILES string of the molecule is COc1ccc(N2CCN(C3CCCN(C(=O)CCn4ccnc4C)C3)CC2)cc1. The average molecular weight is 412 g/mol. The lowest BCUT2D eigenvalue weighted by Gasteiger charge is -2.44. The second kappa shape index (κ2) is 9.51. The van der Waals surface area contributed by atoms with Crippen molar-refractivity contribution in [1.82, 2.24) is 19.4 Å². The van der Waals surface area contributed by atoms with Crippen molar-refractivity contribution >= 4 is 11.6 Å². The Morgan fingerprint density at radius 3 is 2.57 bits per heavy atom. The van der Waals surface area contributed by atoms with Gasteiger partial charge < -0.3 is 19.1 Å². The molecule has 0 spiro atoms. The first kappa shape index (κ1) is 20.7. The number of ether oxygens (including phenoxy) is 1. The standard InChI is InChI=1S/C23H33N5O2/c1-19-24-10-13-25(19)12-9-23(29)28-11-3-4-21(18-28)27-16-14-26(15-17-27)20-5-7-22(30-2)8-6-20/h5-8,10,13,21H,3-4,9,11-12,14-18H2,1-2H3. The lowest BCUT2D eigenvalue weighted by atomic mass is 10.0. The van der Waals surface area contributed by atoms with Gasteiger partial charge in [0.15, 0.2) is 0 Å². The summed E-state index contributed by atoms with van der Waals surface area (Å²) < 4.78 is 7.32. The van der Waals surface area contributed by atoms with E-state index in [4.69, 9.17) is 4.74 Å². The Balaban J connectivity index is 1.26. The summed E-state index contributed by atoms with van der Waals surface area (Å²) >= 11 is 0. The van der Waals surface area contributed by atoms with Crippen LogP contribution in [0.25, 0.3) is 0 Å². The molecule has 3 heterocycles. The van der Waals surface area contributed by atoms with Crippen LogP contribution in [-0.2, 0) is 11.3 Å². The van der Waals surface area contributed by atoms with E-state index in [2.05, 4.69) is 36.4 Å². The van der Waals surface area contributed by atoms with Crippen LogP contribution in [0.3, 0.4) is 0 Å². The molecule has 0 N–H and O–H groups in total. The number of amides is 1. The molecule has 30 heavy (non-hydrogen) atoms. The lowest BCUT2D eigenvalue weighted by Crippen LogP contribution is -2.55. The number of carbonyl (C=O) groups excluding carboxylic acids is 1. The number of benzene rings is 1. The average Bonchev–Trinajstić information content (AvgIpc) is 3.22. The smallest absolute Gasteiger partial charge is 0.224 e. The molecule has 1 unspecified atom stereocenters. The number of anilines is 1. The van der Waals surface area contributed by atoms with Gasteiger partial charge in [-0.1, -0.05) is 0 Å². The lowest BCUT2D eigenvalue weighted by molar-refractivity contribution is -0.133. The second-order valence-electron chi connectivity index (χ2n) is 8.27. The first-order valence-electron chi connectivity index (χ1n) is 11.0. The molecule has 0 saturated carbocycles. The van der Waals surface area contributed by atoms with Crippen molar-refractivity contribution in [3.63, 3.8) is 0 Å². The van der Waals surface area contributed by atoms with Crippen LogP contribution in [0.1, 0.15) is 25.1 Å². The minimum atomic E-state index is 0.268. The normalized spacial score (nSPS) is 20.4. The predicted octanol–water partition coefficient (Wildman–Crippen LogP) is 2.40. The topological polar surface area (TPSA) is 53.8 Å². The van der Waals surface area contributed by atoms with Crippen LogP contribution in [0.15, 0.2) is 36.7 Å². The minimum absolute atomic E-state index is 0.268. The van der Waals surface area contributed by atoms with Gasteiger partial charge in [0.05, 0.1) is 7.11 Å². The molecule has 2 saturated heterocycles.